The minimum absolute atomic E-state index is 0.0972. The van der Waals surface area contributed by atoms with Gasteiger partial charge in [-0.15, -0.1) is 5.10 Å². The van der Waals surface area contributed by atoms with Crippen molar-refractivity contribution in [2.45, 2.75) is 19.7 Å². The molecule has 2 aromatic rings. The third kappa shape index (κ3) is 3.65. The molecular formula is C12H16N4O. The fraction of sp³-hybridized carbons (Fsp3) is 0.333. The minimum Gasteiger partial charge on any atom is -0.392 e. The van der Waals surface area contributed by atoms with Gasteiger partial charge in [0.15, 0.2) is 0 Å². The van der Waals surface area contributed by atoms with Gasteiger partial charge in [0.2, 0.25) is 0 Å². The molecule has 0 atom stereocenters. The van der Waals surface area contributed by atoms with E-state index in [0.29, 0.717) is 0 Å². The second-order valence-electron chi connectivity index (χ2n) is 3.82. The lowest BCUT2D eigenvalue weighted by atomic mass is 10.1. The molecule has 0 radical (unpaired) electrons. The van der Waals surface area contributed by atoms with Crippen LogP contribution in [-0.4, -0.2) is 26.6 Å². The first-order valence-electron chi connectivity index (χ1n) is 5.62. The van der Waals surface area contributed by atoms with Gasteiger partial charge < -0.3 is 10.4 Å². The Morgan fingerprint density at radius 3 is 2.59 bits per heavy atom. The first-order valence-corrected chi connectivity index (χ1v) is 5.62. The van der Waals surface area contributed by atoms with E-state index in [1.807, 2.05) is 30.5 Å². The second kappa shape index (κ2) is 6.12. The average Bonchev–Trinajstić information content (AvgIpc) is 2.88. The van der Waals surface area contributed by atoms with Crippen LogP contribution in [0.4, 0.5) is 0 Å². The Morgan fingerprint density at radius 2 is 1.94 bits per heavy atom. The summed E-state index contributed by atoms with van der Waals surface area (Å²) >= 11 is 0. The summed E-state index contributed by atoms with van der Waals surface area (Å²) in [5, 5.41) is 19.9. The number of hydrogen-bond acceptors (Lipinski definition) is 4. The molecule has 5 nitrogen and oxygen atoms in total. The van der Waals surface area contributed by atoms with Gasteiger partial charge in [-0.3, -0.25) is 4.68 Å². The lowest BCUT2D eigenvalue weighted by molar-refractivity contribution is 0.282. The first-order chi connectivity index (χ1) is 8.38. The van der Waals surface area contributed by atoms with Crippen LogP contribution >= 0.6 is 0 Å². The summed E-state index contributed by atoms with van der Waals surface area (Å²) in [5.41, 5.74) is 2.15. The van der Waals surface area contributed by atoms with Gasteiger partial charge in [-0.25, -0.2) is 0 Å². The monoisotopic (exact) mass is 232 g/mol. The van der Waals surface area contributed by atoms with Crippen LogP contribution < -0.4 is 5.32 Å². The zero-order valence-electron chi connectivity index (χ0n) is 9.58. The van der Waals surface area contributed by atoms with E-state index < -0.39 is 0 Å². The first kappa shape index (κ1) is 11.8. The second-order valence-corrected chi connectivity index (χ2v) is 3.82. The summed E-state index contributed by atoms with van der Waals surface area (Å²) in [6.07, 6.45) is 3.52. The standard InChI is InChI=1S/C12H16N4O/c17-10-12-3-1-11(2-4-12)9-13-5-7-16-8-6-14-15-16/h1-4,6,8,13,17H,5,7,9-10H2. The van der Waals surface area contributed by atoms with Gasteiger partial charge in [0.05, 0.1) is 19.3 Å². The molecular weight excluding hydrogens is 216 g/mol. The quantitative estimate of drug-likeness (QED) is 0.714. The number of rotatable bonds is 6. The predicted molar refractivity (Wildman–Crippen MR) is 64.1 cm³/mol. The molecule has 5 heteroatoms. The number of aliphatic hydroxyl groups excluding tert-OH is 1. The molecule has 0 aliphatic rings. The van der Waals surface area contributed by atoms with Crippen molar-refractivity contribution in [3.05, 3.63) is 47.8 Å². The summed E-state index contributed by atoms with van der Waals surface area (Å²) in [6.45, 7) is 2.58. The van der Waals surface area contributed by atoms with E-state index >= 15 is 0 Å². The van der Waals surface area contributed by atoms with Crippen LogP contribution in [-0.2, 0) is 19.7 Å². The van der Waals surface area contributed by atoms with Crippen LogP contribution in [0.15, 0.2) is 36.7 Å². The van der Waals surface area contributed by atoms with E-state index in [-0.39, 0.29) is 6.61 Å². The molecule has 17 heavy (non-hydrogen) atoms. The van der Waals surface area contributed by atoms with Gasteiger partial charge >= 0.3 is 0 Å². The van der Waals surface area contributed by atoms with Crippen LogP contribution in [0.5, 0.6) is 0 Å². The van der Waals surface area contributed by atoms with Crippen LogP contribution in [0.1, 0.15) is 11.1 Å². The zero-order valence-corrected chi connectivity index (χ0v) is 9.58. The Morgan fingerprint density at radius 1 is 1.18 bits per heavy atom. The lowest BCUT2D eigenvalue weighted by Crippen LogP contribution is -2.19. The fourth-order valence-electron chi connectivity index (χ4n) is 1.54. The largest absolute Gasteiger partial charge is 0.392 e. The van der Waals surface area contributed by atoms with E-state index in [9.17, 15) is 0 Å². The van der Waals surface area contributed by atoms with E-state index in [4.69, 9.17) is 5.11 Å². The molecule has 0 saturated heterocycles. The van der Waals surface area contributed by atoms with Gasteiger partial charge in [-0.1, -0.05) is 29.5 Å². The Labute approximate surface area is 100 Å². The van der Waals surface area contributed by atoms with Gasteiger partial charge in [-0.05, 0) is 11.1 Å². The number of nitrogens with zero attached hydrogens (tertiary/aromatic N) is 3. The molecule has 0 bridgehead atoms. The maximum absolute atomic E-state index is 8.92. The number of benzene rings is 1. The normalized spacial score (nSPS) is 10.6. The Kier molecular flexibility index (Phi) is 4.23. The van der Waals surface area contributed by atoms with Gasteiger partial charge in [0.25, 0.3) is 0 Å². The number of nitrogens with one attached hydrogen (secondary N) is 1. The summed E-state index contributed by atoms with van der Waals surface area (Å²) in [5.74, 6) is 0. The highest BCUT2D eigenvalue weighted by Crippen LogP contribution is 2.03. The van der Waals surface area contributed by atoms with Crippen molar-refractivity contribution in [3.63, 3.8) is 0 Å². The van der Waals surface area contributed by atoms with Gasteiger partial charge in [0.1, 0.15) is 0 Å². The van der Waals surface area contributed by atoms with Crippen molar-refractivity contribution >= 4 is 0 Å². The minimum atomic E-state index is 0.0972. The van der Waals surface area contributed by atoms with E-state index in [1.165, 1.54) is 5.56 Å². The zero-order chi connectivity index (χ0) is 11.9. The highest BCUT2D eigenvalue weighted by molar-refractivity contribution is 5.21. The van der Waals surface area contributed by atoms with Crippen molar-refractivity contribution in [1.29, 1.82) is 0 Å². The SMILES string of the molecule is OCc1ccc(CNCCn2ccnn2)cc1. The van der Waals surface area contributed by atoms with Gasteiger partial charge in [-0.2, -0.15) is 0 Å². The maximum Gasteiger partial charge on any atom is 0.0692 e. The molecule has 0 aliphatic carbocycles. The number of aromatic nitrogens is 3. The Bertz CT molecular complexity index is 424. The highest BCUT2D eigenvalue weighted by atomic mass is 16.3. The van der Waals surface area contributed by atoms with Crippen molar-refractivity contribution < 1.29 is 5.11 Å². The molecule has 0 amide bonds. The summed E-state index contributed by atoms with van der Waals surface area (Å²) in [6, 6.07) is 7.92. The summed E-state index contributed by atoms with van der Waals surface area (Å²) in [4.78, 5) is 0. The van der Waals surface area contributed by atoms with Crippen molar-refractivity contribution in [1.82, 2.24) is 20.3 Å². The molecule has 1 aromatic carbocycles. The molecule has 0 saturated carbocycles. The lowest BCUT2D eigenvalue weighted by Gasteiger charge is -2.05. The van der Waals surface area contributed by atoms with Crippen LogP contribution in [0.3, 0.4) is 0 Å². The number of aliphatic hydroxyl groups is 1. The third-order valence-electron chi connectivity index (χ3n) is 2.52. The van der Waals surface area contributed by atoms with Crippen molar-refractivity contribution in [2.75, 3.05) is 6.54 Å². The predicted octanol–water partition coefficient (Wildman–Crippen LogP) is 0.560. The van der Waals surface area contributed by atoms with E-state index in [2.05, 4.69) is 15.6 Å². The molecule has 0 unspecified atom stereocenters. The molecule has 2 rings (SSSR count). The van der Waals surface area contributed by atoms with Crippen molar-refractivity contribution in [2.24, 2.45) is 0 Å². The summed E-state index contributed by atoms with van der Waals surface area (Å²) in [7, 11) is 0. The smallest absolute Gasteiger partial charge is 0.0692 e. The third-order valence-corrected chi connectivity index (χ3v) is 2.52. The molecule has 2 N–H and O–H groups in total. The molecule has 0 spiro atoms. The van der Waals surface area contributed by atoms with E-state index in [0.717, 1.165) is 25.2 Å². The van der Waals surface area contributed by atoms with Crippen LogP contribution in [0.2, 0.25) is 0 Å². The van der Waals surface area contributed by atoms with E-state index in [1.54, 1.807) is 10.9 Å². The van der Waals surface area contributed by atoms with Crippen LogP contribution in [0.25, 0.3) is 0 Å². The van der Waals surface area contributed by atoms with Crippen LogP contribution in [0, 0.1) is 0 Å². The topological polar surface area (TPSA) is 63.0 Å². The molecule has 0 aliphatic heterocycles. The Hall–Kier alpha value is -1.72. The van der Waals surface area contributed by atoms with Crippen molar-refractivity contribution in [3.8, 4) is 0 Å². The number of hydrogen-bond donors (Lipinski definition) is 2. The molecule has 0 fully saturated rings. The van der Waals surface area contributed by atoms with Gasteiger partial charge in [0, 0.05) is 19.3 Å². The fourth-order valence-corrected chi connectivity index (χ4v) is 1.54. The Balaban J connectivity index is 1.70. The maximum atomic E-state index is 8.92. The average molecular weight is 232 g/mol. The molecule has 1 heterocycles. The summed E-state index contributed by atoms with van der Waals surface area (Å²) < 4.78 is 1.79. The molecule has 90 valence electrons. The molecule has 1 aromatic heterocycles. The highest BCUT2D eigenvalue weighted by Gasteiger charge is 1.95.